The van der Waals surface area contributed by atoms with Gasteiger partial charge in [0.2, 0.25) is 0 Å². The molecule has 1 aromatic rings. The summed E-state index contributed by atoms with van der Waals surface area (Å²) < 4.78 is 37.8. The summed E-state index contributed by atoms with van der Waals surface area (Å²) >= 11 is 1.56. The second-order valence-electron chi connectivity index (χ2n) is 5.23. The van der Waals surface area contributed by atoms with Crippen molar-refractivity contribution in [1.29, 1.82) is 0 Å². The van der Waals surface area contributed by atoms with E-state index in [1.54, 1.807) is 11.3 Å². The second-order valence-corrected chi connectivity index (χ2v) is 6.32. The first-order valence-electron chi connectivity index (χ1n) is 7.10. The van der Waals surface area contributed by atoms with Crippen LogP contribution in [-0.4, -0.2) is 29.5 Å². The monoisotopic (exact) mass is 307 g/mol. The van der Waals surface area contributed by atoms with Crippen molar-refractivity contribution in [3.8, 4) is 0 Å². The lowest BCUT2D eigenvalue weighted by atomic mass is 9.82. The fourth-order valence-corrected chi connectivity index (χ4v) is 3.58. The van der Waals surface area contributed by atoms with Crippen molar-refractivity contribution >= 4 is 11.3 Å². The average Bonchev–Trinajstić information content (AvgIpc) is 2.87. The largest absolute Gasteiger partial charge is 0.391 e. The summed E-state index contributed by atoms with van der Waals surface area (Å²) in [5.41, 5.74) is 0. The summed E-state index contributed by atoms with van der Waals surface area (Å²) in [6.45, 7) is 3.84. The molecule has 0 aliphatic heterocycles. The second kappa shape index (κ2) is 6.85. The molecule has 1 aliphatic carbocycles. The average molecular weight is 307 g/mol. The molecule has 20 heavy (non-hydrogen) atoms. The zero-order chi connectivity index (χ0) is 14.6. The highest BCUT2D eigenvalue weighted by Crippen LogP contribution is 2.43. The Morgan fingerprint density at radius 1 is 1.20 bits per heavy atom. The van der Waals surface area contributed by atoms with Crippen molar-refractivity contribution in [3.05, 3.63) is 10.0 Å². The molecule has 2 rings (SSSR count). The van der Waals surface area contributed by atoms with Gasteiger partial charge in [-0.2, -0.15) is 13.2 Å². The van der Waals surface area contributed by atoms with Crippen LogP contribution in [0.15, 0.2) is 0 Å². The Labute approximate surface area is 121 Å². The highest BCUT2D eigenvalue weighted by Gasteiger charge is 2.42. The maximum absolute atomic E-state index is 12.6. The first-order valence-corrected chi connectivity index (χ1v) is 7.92. The molecule has 114 valence electrons. The van der Waals surface area contributed by atoms with Crippen LogP contribution in [-0.2, 0) is 6.42 Å². The van der Waals surface area contributed by atoms with Crippen LogP contribution in [0.1, 0.15) is 48.5 Å². The van der Waals surface area contributed by atoms with E-state index < -0.39 is 12.1 Å². The van der Waals surface area contributed by atoms with Gasteiger partial charge in [-0.1, -0.05) is 6.92 Å². The SMILES string of the molecule is CCNCCc1nnc(C2CCC(C(F)(F)F)CC2)s1. The molecule has 0 saturated heterocycles. The molecule has 7 heteroatoms. The number of hydrogen-bond acceptors (Lipinski definition) is 4. The Balaban J connectivity index is 1.84. The van der Waals surface area contributed by atoms with Gasteiger partial charge in [-0.3, -0.25) is 0 Å². The fourth-order valence-electron chi connectivity index (χ4n) is 2.57. The summed E-state index contributed by atoms with van der Waals surface area (Å²) in [6, 6.07) is 0. The molecule has 3 nitrogen and oxygen atoms in total. The van der Waals surface area contributed by atoms with Crippen LogP contribution >= 0.6 is 11.3 Å². The third-order valence-corrected chi connectivity index (χ3v) is 4.93. The van der Waals surface area contributed by atoms with Gasteiger partial charge in [0.25, 0.3) is 0 Å². The van der Waals surface area contributed by atoms with E-state index in [2.05, 4.69) is 15.5 Å². The van der Waals surface area contributed by atoms with Crippen LogP contribution in [0, 0.1) is 5.92 Å². The predicted molar refractivity (Wildman–Crippen MR) is 72.9 cm³/mol. The molecule has 0 atom stereocenters. The highest BCUT2D eigenvalue weighted by atomic mass is 32.1. The van der Waals surface area contributed by atoms with Gasteiger partial charge in [0.15, 0.2) is 0 Å². The maximum atomic E-state index is 12.6. The van der Waals surface area contributed by atoms with Crippen LogP contribution < -0.4 is 5.32 Å². The lowest BCUT2D eigenvalue weighted by Crippen LogP contribution is -2.27. The number of aromatic nitrogens is 2. The smallest absolute Gasteiger partial charge is 0.317 e. The van der Waals surface area contributed by atoms with Gasteiger partial charge in [0.05, 0.1) is 5.92 Å². The Kier molecular flexibility index (Phi) is 5.37. The number of nitrogens with one attached hydrogen (secondary N) is 1. The minimum absolute atomic E-state index is 0.166. The molecule has 0 spiro atoms. The van der Waals surface area contributed by atoms with Crippen LogP contribution in [0.25, 0.3) is 0 Å². The van der Waals surface area contributed by atoms with Crippen molar-refractivity contribution in [2.24, 2.45) is 5.92 Å². The Bertz CT molecular complexity index is 411. The van der Waals surface area contributed by atoms with Gasteiger partial charge in [-0.15, -0.1) is 21.5 Å². The zero-order valence-electron chi connectivity index (χ0n) is 11.5. The van der Waals surface area contributed by atoms with Crippen LogP contribution in [0.5, 0.6) is 0 Å². The number of alkyl halides is 3. The highest BCUT2D eigenvalue weighted by molar-refractivity contribution is 7.11. The summed E-state index contributed by atoms with van der Waals surface area (Å²) in [4.78, 5) is 0. The molecule has 1 fully saturated rings. The zero-order valence-corrected chi connectivity index (χ0v) is 12.4. The Hall–Kier alpha value is -0.690. The fraction of sp³-hybridized carbons (Fsp3) is 0.846. The normalized spacial score (nSPS) is 24.0. The minimum Gasteiger partial charge on any atom is -0.317 e. The quantitative estimate of drug-likeness (QED) is 0.846. The van der Waals surface area contributed by atoms with E-state index in [0.717, 1.165) is 29.5 Å². The Morgan fingerprint density at radius 2 is 1.90 bits per heavy atom. The lowest BCUT2D eigenvalue weighted by molar-refractivity contribution is -0.182. The number of rotatable bonds is 5. The molecule has 0 bridgehead atoms. The van der Waals surface area contributed by atoms with Crippen molar-refractivity contribution in [1.82, 2.24) is 15.5 Å². The number of likely N-dealkylation sites (N-methyl/N-ethyl adjacent to an activating group) is 1. The minimum atomic E-state index is -4.04. The van der Waals surface area contributed by atoms with Gasteiger partial charge < -0.3 is 5.32 Å². The van der Waals surface area contributed by atoms with Gasteiger partial charge in [0.1, 0.15) is 10.0 Å². The molecular weight excluding hydrogens is 287 g/mol. The van der Waals surface area contributed by atoms with E-state index in [1.165, 1.54) is 0 Å². The molecule has 1 saturated carbocycles. The number of halogens is 3. The third-order valence-electron chi connectivity index (χ3n) is 3.79. The maximum Gasteiger partial charge on any atom is 0.391 e. The summed E-state index contributed by atoms with van der Waals surface area (Å²) in [5.74, 6) is -0.959. The van der Waals surface area contributed by atoms with E-state index in [4.69, 9.17) is 0 Å². The summed E-state index contributed by atoms with van der Waals surface area (Å²) in [5, 5.41) is 13.4. The van der Waals surface area contributed by atoms with E-state index in [1.807, 2.05) is 6.92 Å². The van der Waals surface area contributed by atoms with E-state index in [0.29, 0.717) is 12.8 Å². The molecule has 1 heterocycles. The first-order chi connectivity index (χ1) is 9.50. The molecule has 1 N–H and O–H groups in total. The molecule has 1 aromatic heterocycles. The van der Waals surface area contributed by atoms with Crippen LogP contribution in [0.2, 0.25) is 0 Å². The molecular formula is C13H20F3N3S. The van der Waals surface area contributed by atoms with Crippen LogP contribution in [0.3, 0.4) is 0 Å². The third kappa shape index (κ3) is 4.15. The summed E-state index contributed by atoms with van der Waals surface area (Å²) in [6.07, 6.45) is -1.61. The van der Waals surface area contributed by atoms with E-state index >= 15 is 0 Å². The standard InChI is InChI=1S/C13H20F3N3S/c1-2-17-8-7-11-18-19-12(20-11)9-3-5-10(6-4-9)13(14,15)16/h9-10,17H,2-8H2,1H3. The molecule has 0 aromatic carbocycles. The van der Waals surface area contributed by atoms with Gasteiger partial charge >= 0.3 is 6.18 Å². The molecule has 1 aliphatic rings. The Morgan fingerprint density at radius 3 is 2.50 bits per heavy atom. The van der Waals surface area contributed by atoms with Crippen molar-refractivity contribution < 1.29 is 13.2 Å². The van der Waals surface area contributed by atoms with Crippen molar-refractivity contribution in [2.75, 3.05) is 13.1 Å². The predicted octanol–water partition coefficient (Wildman–Crippen LogP) is 3.53. The van der Waals surface area contributed by atoms with Crippen molar-refractivity contribution in [2.45, 2.75) is 51.1 Å². The van der Waals surface area contributed by atoms with Gasteiger partial charge in [-0.25, -0.2) is 0 Å². The molecule has 0 amide bonds. The summed E-state index contributed by atoms with van der Waals surface area (Å²) in [7, 11) is 0. The number of nitrogens with zero attached hydrogens (tertiary/aromatic N) is 2. The molecule has 0 unspecified atom stereocenters. The molecule has 0 radical (unpaired) electrons. The van der Waals surface area contributed by atoms with E-state index in [9.17, 15) is 13.2 Å². The number of hydrogen-bond donors (Lipinski definition) is 1. The van der Waals surface area contributed by atoms with Gasteiger partial charge in [0, 0.05) is 18.9 Å². The lowest BCUT2D eigenvalue weighted by Gasteiger charge is -2.28. The van der Waals surface area contributed by atoms with Crippen molar-refractivity contribution in [3.63, 3.8) is 0 Å². The van der Waals surface area contributed by atoms with E-state index in [-0.39, 0.29) is 18.8 Å². The van der Waals surface area contributed by atoms with Crippen LogP contribution in [0.4, 0.5) is 13.2 Å². The topological polar surface area (TPSA) is 37.8 Å². The first kappa shape index (κ1) is 15.7. The van der Waals surface area contributed by atoms with Gasteiger partial charge in [-0.05, 0) is 32.2 Å².